The van der Waals surface area contributed by atoms with Gasteiger partial charge in [0.25, 0.3) is 0 Å². The zero-order chi connectivity index (χ0) is 13.0. The lowest BCUT2D eigenvalue weighted by atomic mass is 9.90. The van der Waals surface area contributed by atoms with Gasteiger partial charge in [0.1, 0.15) is 0 Å². The molecule has 2 rings (SSSR count). The summed E-state index contributed by atoms with van der Waals surface area (Å²) in [4.78, 5) is 4.53. The lowest BCUT2D eigenvalue weighted by Gasteiger charge is -2.27. The third-order valence-electron chi connectivity index (χ3n) is 3.82. The number of aryl methyl sites for hydroxylation is 1. The first-order chi connectivity index (χ1) is 8.69. The molecule has 0 bridgehead atoms. The van der Waals surface area contributed by atoms with Crippen molar-refractivity contribution in [1.82, 2.24) is 15.5 Å². The van der Waals surface area contributed by atoms with Gasteiger partial charge < -0.3 is 9.84 Å². The standard InChI is InChI=1S/C14H25N3O/c1-4-11-7-8-15-12(9-11)14-16-13(17-18-14)6-5-10(2)3/h10-12,15H,4-9H2,1-3H3. The van der Waals surface area contributed by atoms with Gasteiger partial charge in [-0.1, -0.05) is 32.3 Å². The second-order valence-electron chi connectivity index (χ2n) is 5.79. The zero-order valence-corrected chi connectivity index (χ0v) is 11.8. The van der Waals surface area contributed by atoms with Gasteiger partial charge in [-0.2, -0.15) is 4.98 Å². The summed E-state index contributed by atoms with van der Waals surface area (Å²) in [7, 11) is 0. The lowest BCUT2D eigenvalue weighted by molar-refractivity contribution is 0.245. The maximum atomic E-state index is 5.41. The van der Waals surface area contributed by atoms with E-state index in [0.29, 0.717) is 5.92 Å². The first-order valence-electron chi connectivity index (χ1n) is 7.25. The van der Waals surface area contributed by atoms with Crippen LogP contribution in [0.2, 0.25) is 0 Å². The first kappa shape index (κ1) is 13.5. The predicted molar refractivity (Wildman–Crippen MR) is 71.2 cm³/mol. The van der Waals surface area contributed by atoms with Crippen molar-refractivity contribution in [3.05, 3.63) is 11.7 Å². The predicted octanol–water partition coefficient (Wildman–Crippen LogP) is 3.11. The third-order valence-corrected chi connectivity index (χ3v) is 3.82. The summed E-state index contributed by atoms with van der Waals surface area (Å²) in [6, 6.07) is 0.268. The number of rotatable bonds is 5. The molecular weight excluding hydrogens is 226 g/mol. The molecule has 18 heavy (non-hydrogen) atoms. The summed E-state index contributed by atoms with van der Waals surface area (Å²) in [5.41, 5.74) is 0. The van der Waals surface area contributed by atoms with Gasteiger partial charge in [-0.15, -0.1) is 0 Å². The van der Waals surface area contributed by atoms with E-state index >= 15 is 0 Å². The Hall–Kier alpha value is -0.900. The van der Waals surface area contributed by atoms with Gasteiger partial charge in [0.05, 0.1) is 6.04 Å². The molecule has 1 aromatic heterocycles. The van der Waals surface area contributed by atoms with Gasteiger partial charge in [0.2, 0.25) is 5.89 Å². The number of aromatic nitrogens is 2. The van der Waals surface area contributed by atoms with Gasteiger partial charge in [-0.25, -0.2) is 0 Å². The van der Waals surface area contributed by atoms with E-state index in [2.05, 4.69) is 36.2 Å². The van der Waals surface area contributed by atoms with Crippen molar-refractivity contribution in [3.63, 3.8) is 0 Å². The minimum Gasteiger partial charge on any atom is -0.338 e. The summed E-state index contributed by atoms with van der Waals surface area (Å²) >= 11 is 0. The third kappa shape index (κ3) is 3.55. The van der Waals surface area contributed by atoms with E-state index < -0.39 is 0 Å². The van der Waals surface area contributed by atoms with Crippen molar-refractivity contribution in [2.24, 2.45) is 11.8 Å². The van der Waals surface area contributed by atoms with Gasteiger partial charge >= 0.3 is 0 Å². The highest BCUT2D eigenvalue weighted by Crippen LogP contribution is 2.28. The Labute approximate surface area is 110 Å². The summed E-state index contributed by atoms with van der Waals surface area (Å²) in [5, 5.41) is 7.57. The summed E-state index contributed by atoms with van der Waals surface area (Å²) in [6.45, 7) is 7.76. The van der Waals surface area contributed by atoms with E-state index in [1.165, 1.54) is 12.8 Å². The fourth-order valence-corrected chi connectivity index (χ4v) is 2.48. The fourth-order valence-electron chi connectivity index (χ4n) is 2.48. The molecule has 1 aliphatic rings. The maximum Gasteiger partial charge on any atom is 0.243 e. The van der Waals surface area contributed by atoms with E-state index in [1.54, 1.807) is 0 Å². The van der Waals surface area contributed by atoms with Crippen LogP contribution in [0.4, 0.5) is 0 Å². The molecule has 0 radical (unpaired) electrons. The molecule has 1 N–H and O–H groups in total. The molecule has 102 valence electrons. The first-order valence-corrected chi connectivity index (χ1v) is 7.25. The molecule has 1 saturated heterocycles. The van der Waals surface area contributed by atoms with E-state index in [-0.39, 0.29) is 6.04 Å². The summed E-state index contributed by atoms with van der Waals surface area (Å²) in [5.74, 6) is 3.12. The van der Waals surface area contributed by atoms with Crippen LogP contribution in [0.1, 0.15) is 64.2 Å². The number of piperidine rings is 1. The quantitative estimate of drug-likeness (QED) is 0.873. The van der Waals surface area contributed by atoms with Gasteiger partial charge in [0, 0.05) is 6.42 Å². The van der Waals surface area contributed by atoms with E-state index in [1.807, 2.05) is 0 Å². The van der Waals surface area contributed by atoms with Crippen molar-refractivity contribution in [3.8, 4) is 0 Å². The minimum atomic E-state index is 0.268. The van der Waals surface area contributed by atoms with Crippen LogP contribution >= 0.6 is 0 Å². The Kier molecular flexibility index (Phi) is 4.75. The Morgan fingerprint density at radius 1 is 1.44 bits per heavy atom. The van der Waals surface area contributed by atoms with Crippen LogP contribution < -0.4 is 5.32 Å². The molecule has 0 saturated carbocycles. The van der Waals surface area contributed by atoms with Crippen LogP contribution in [0.25, 0.3) is 0 Å². The molecule has 0 amide bonds. The summed E-state index contributed by atoms with van der Waals surface area (Å²) < 4.78 is 5.41. The van der Waals surface area contributed by atoms with Crippen molar-refractivity contribution >= 4 is 0 Å². The maximum absolute atomic E-state index is 5.41. The number of hydrogen-bond acceptors (Lipinski definition) is 4. The van der Waals surface area contributed by atoms with Crippen LogP contribution in [0.5, 0.6) is 0 Å². The molecule has 4 heteroatoms. The second kappa shape index (κ2) is 6.32. The molecule has 0 spiro atoms. The van der Waals surface area contributed by atoms with Crippen molar-refractivity contribution < 1.29 is 4.52 Å². The fraction of sp³-hybridized carbons (Fsp3) is 0.857. The minimum absolute atomic E-state index is 0.268. The van der Waals surface area contributed by atoms with Crippen LogP contribution in [-0.2, 0) is 6.42 Å². The Morgan fingerprint density at radius 2 is 2.28 bits per heavy atom. The topological polar surface area (TPSA) is 51.0 Å². The molecule has 1 aliphatic heterocycles. The van der Waals surface area contributed by atoms with Crippen molar-refractivity contribution in [2.45, 2.75) is 58.9 Å². The molecule has 2 unspecified atom stereocenters. The molecule has 0 aliphatic carbocycles. The van der Waals surface area contributed by atoms with Crippen LogP contribution in [0.15, 0.2) is 4.52 Å². The zero-order valence-electron chi connectivity index (χ0n) is 11.8. The molecule has 0 aromatic carbocycles. The molecule has 2 atom stereocenters. The second-order valence-corrected chi connectivity index (χ2v) is 5.79. The highest BCUT2D eigenvalue weighted by atomic mass is 16.5. The highest BCUT2D eigenvalue weighted by molar-refractivity contribution is 4.95. The average Bonchev–Trinajstić information content (AvgIpc) is 2.85. The lowest BCUT2D eigenvalue weighted by Crippen LogP contribution is -2.31. The van der Waals surface area contributed by atoms with Crippen LogP contribution in [0.3, 0.4) is 0 Å². The van der Waals surface area contributed by atoms with E-state index in [9.17, 15) is 0 Å². The van der Waals surface area contributed by atoms with Gasteiger partial charge in [0.15, 0.2) is 5.82 Å². The van der Waals surface area contributed by atoms with E-state index in [0.717, 1.165) is 43.4 Å². The molecular formula is C14H25N3O. The monoisotopic (exact) mass is 251 g/mol. The largest absolute Gasteiger partial charge is 0.338 e. The SMILES string of the molecule is CCC1CCNC(c2nc(CCC(C)C)no2)C1. The van der Waals surface area contributed by atoms with Crippen LogP contribution in [-0.4, -0.2) is 16.7 Å². The highest BCUT2D eigenvalue weighted by Gasteiger charge is 2.25. The molecule has 1 fully saturated rings. The number of nitrogens with one attached hydrogen (secondary N) is 1. The molecule has 1 aromatic rings. The summed E-state index contributed by atoms with van der Waals surface area (Å²) in [6.07, 6.45) is 5.68. The van der Waals surface area contributed by atoms with Crippen molar-refractivity contribution in [1.29, 1.82) is 0 Å². The Bertz CT molecular complexity index is 362. The van der Waals surface area contributed by atoms with Crippen LogP contribution in [0, 0.1) is 11.8 Å². The normalized spacial score (nSPS) is 24.7. The number of hydrogen-bond donors (Lipinski definition) is 1. The molecule has 2 heterocycles. The average molecular weight is 251 g/mol. The molecule has 4 nitrogen and oxygen atoms in total. The van der Waals surface area contributed by atoms with Gasteiger partial charge in [-0.05, 0) is 37.6 Å². The Morgan fingerprint density at radius 3 is 3.00 bits per heavy atom. The smallest absolute Gasteiger partial charge is 0.243 e. The van der Waals surface area contributed by atoms with Gasteiger partial charge in [-0.3, -0.25) is 0 Å². The number of nitrogens with zero attached hydrogens (tertiary/aromatic N) is 2. The van der Waals surface area contributed by atoms with E-state index in [4.69, 9.17) is 4.52 Å². The van der Waals surface area contributed by atoms with Crippen molar-refractivity contribution in [2.75, 3.05) is 6.54 Å². The Balaban J connectivity index is 1.92.